The van der Waals surface area contributed by atoms with Gasteiger partial charge in [0, 0.05) is 12.6 Å². The van der Waals surface area contributed by atoms with Crippen molar-refractivity contribution in [1.29, 1.82) is 0 Å². The van der Waals surface area contributed by atoms with Crippen LogP contribution in [0.4, 0.5) is 0 Å². The topological polar surface area (TPSA) is 23.5 Å². The summed E-state index contributed by atoms with van der Waals surface area (Å²) >= 11 is 0. The zero-order valence-electron chi connectivity index (χ0n) is 13.2. The van der Waals surface area contributed by atoms with E-state index in [4.69, 9.17) is 0 Å². The first-order valence-corrected chi connectivity index (χ1v) is 8.01. The highest BCUT2D eigenvalue weighted by Gasteiger charge is 2.43. The Kier molecular flexibility index (Phi) is 4.42. The summed E-state index contributed by atoms with van der Waals surface area (Å²) in [5.74, 6) is 0. The minimum absolute atomic E-state index is 0.272. The van der Waals surface area contributed by atoms with E-state index in [0.29, 0.717) is 6.04 Å². The van der Waals surface area contributed by atoms with Gasteiger partial charge in [0.1, 0.15) is 0 Å². The highest BCUT2D eigenvalue weighted by Crippen LogP contribution is 2.38. The van der Waals surface area contributed by atoms with Crippen LogP contribution in [0, 0.1) is 5.41 Å². The largest absolute Gasteiger partial charge is 0.388 e. The lowest BCUT2D eigenvalue weighted by atomic mass is 9.79. The normalized spacial score (nSPS) is 34.8. The van der Waals surface area contributed by atoms with Gasteiger partial charge in [0.05, 0.1) is 5.60 Å². The second-order valence-electron chi connectivity index (χ2n) is 7.56. The molecule has 0 aromatic heterocycles. The van der Waals surface area contributed by atoms with Gasteiger partial charge in [-0.2, -0.15) is 0 Å². The van der Waals surface area contributed by atoms with Crippen LogP contribution in [-0.2, 0) is 0 Å². The molecule has 2 heterocycles. The maximum atomic E-state index is 10.7. The summed E-state index contributed by atoms with van der Waals surface area (Å²) in [6, 6.07) is 0.392. The molecule has 19 heavy (non-hydrogen) atoms. The number of rotatable bonds is 4. The Morgan fingerprint density at radius 2 is 2.21 bits per heavy atom. The minimum Gasteiger partial charge on any atom is -0.388 e. The van der Waals surface area contributed by atoms with Gasteiger partial charge in [-0.3, -0.25) is 4.90 Å². The average molecular weight is 265 g/mol. The van der Waals surface area contributed by atoms with Gasteiger partial charge in [0.2, 0.25) is 0 Å². The fourth-order valence-electron chi connectivity index (χ4n) is 3.97. The monoisotopic (exact) mass is 265 g/mol. The van der Waals surface area contributed by atoms with Crippen molar-refractivity contribution in [3.05, 3.63) is 11.6 Å². The molecule has 0 saturated carbocycles. The van der Waals surface area contributed by atoms with Crippen molar-refractivity contribution in [2.45, 2.75) is 77.9 Å². The summed E-state index contributed by atoms with van der Waals surface area (Å²) < 4.78 is 0. The molecule has 110 valence electrons. The molecule has 0 amide bonds. The van der Waals surface area contributed by atoms with Crippen LogP contribution in [0.5, 0.6) is 0 Å². The number of hydrogen-bond donors (Lipinski definition) is 1. The van der Waals surface area contributed by atoms with Gasteiger partial charge in [-0.25, -0.2) is 0 Å². The molecule has 2 atom stereocenters. The maximum absolute atomic E-state index is 10.7. The van der Waals surface area contributed by atoms with Crippen LogP contribution >= 0.6 is 0 Å². The summed E-state index contributed by atoms with van der Waals surface area (Å²) in [7, 11) is 0. The molecule has 1 N–H and O–H groups in total. The number of aliphatic hydroxyl groups is 1. The van der Waals surface area contributed by atoms with Crippen LogP contribution in [0.1, 0.15) is 66.2 Å². The van der Waals surface area contributed by atoms with Crippen LogP contribution in [0.3, 0.4) is 0 Å². The van der Waals surface area contributed by atoms with Crippen LogP contribution in [0.2, 0.25) is 0 Å². The van der Waals surface area contributed by atoms with Crippen molar-refractivity contribution < 1.29 is 5.11 Å². The molecule has 0 bridgehead atoms. The lowest BCUT2D eigenvalue weighted by Crippen LogP contribution is -2.52. The van der Waals surface area contributed by atoms with Crippen molar-refractivity contribution in [3.63, 3.8) is 0 Å². The molecule has 2 rings (SSSR count). The first kappa shape index (κ1) is 15.1. The van der Waals surface area contributed by atoms with E-state index in [9.17, 15) is 5.11 Å². The Labute approximate surface area is 118 Å². The standard InChI is InChI=1S/C17H31NO/c1-5-6-9-16(2,3)11-14-12-17(4,19)15-8-7-10-18(15)13-14/h11,15,19H,5-10,12-13H2,1-4H3/b14-11-/t15-,17-/m0/s1. The number of fused-ring (bicyclic) bond motifs is 1. The SMILES string of the molecule is CCCCC(C)(C)/C=C1\CN2CCC[C@H]2[C@@](C)(O)C1. The highest BCUT2D eigenvalue weighted by atomic mass is 16.3. The highest BCUT2D eigenvalue weighted by molar-refractivity contribution is 5.19. The van der Waals surface area contributed by atoms with E-state index in [1.165, 1.54) is 37.7 Å². The van der Waals surface area contributed by atoms with E-state index in [1.807, 2.05) is 6.92 Å². The molecule has 0 spiro atoms. The predicted molar refractivity (Wildman–Crippen MR) is 81.2 cm³/mol. The molecule has 0 aromatic rings. The smallest absolute Gasteiger partial charge is 0.0811 e. The number of piperidine rings is 1. The van der Waals surface area contributed by atoms with E-state index in [0.717, 1.165) is 19.5 Å². The Morgan fingerprint density at radius 1 is 1.47 bits per heavy atom. The Balaban J connectivity index is 2.08. The maximum Gasteiger partial charge on any atom is 0.0811 e. The third-order valence-electron chi connectivity index (χ3n) is 4.84. The van der Waals surface area contributed by atoms with E-state index < -0.39 is 5.60 Å². The third kappa shape index (κ3) is 3.61. The van der Waals surface area contributed by atoms with Crippen molar-refractivity contribution in [1.82, 2.24) is 4.90 Å². The molecule has 2 nitrogen and oxygen atoms in total. The van der Waals surface area contributed by atoms with Gasteiger partial charge >= 0.3 is 0 Å². The fourth-order valence-corrected chi connectivity index (χ4v) is 3.97. The molecule has 0 unspecified atom stereocenters. The first-order chi connectivity index (χ1) is 8.84. The van der Waals surface area contributed by atoms with E-state index >= 15 is 0 Å². The molecule has 2 heteroatoms. The lowest BCUT2D eigenvalue weighted by molar-refractivity contribution is -0.0332. The second-order valence-corrected chi connectivity index (χ2v) is 7.56. The van der Waals surface area contributed by atoms with Crippen molar-refractivity contribution in [3.8, 4) is 0 Å². The summed E-state index contributed by atoms with van der Waals surface area (Å²) in [5.41, 5.74) is 1.19. The number of unbranched alkanes of at least 4 members (excludes halogenated alkanes) is 1. The molecule has 2 fully saturated rings. The lowest BCUT2D eigenvalue weighted by Gasteiger charge is -2.43. The van der Waals surface area contributed by atoms with Crippen LogP contribution in [0.25, 0.3) is 0 Å². The van der Waals surface area contributed by atoms with E-state index in [2.05, 4.69) is 31.7 Å². The van der Waals surface area contributed by atoms with Crippen molar-refractivity contribution >= 4 is 0 Å². The molecule has 0 aliphatic carbocycles. The molecule has 0 radical (unpaired) electrons. The quantitative estimate of drug-likeness (QED) is 0.783. The van der Waals surface area contributed by atoms with E-state index in [1.54, 1.807) is 0 Å². The Hall–Kier alpha value is -0.340. The number of nitrogens with zero attached hydrogens (tertiary/aromatic N) is 1. The summed E-state index contributed by atoms with van der Waals surface area (Å²) in [4.78, 5) is 2.49. The molecule has 0 aromatic carbocycles. The fraction of sp³-hybridized carbons (Fsp3) is 0.882. The first-order valence-electron chi connectivity index (χ1n) is 8.01. The number of allylic oxidation sites excluding steroid dienone is 1. The van der Waals surface area contributed by atoms with Gasteiger partial charge in [-0.15, -0.1) is 0 Å². The van der Waals surface area contributed by atoms with Gasteiger partial charge < -0.3 is 5.11 Å². The van der Waals surface area contributed by atoms with Gasteiger partial charge in [-0.05, 0) is 44.6 Å². The molecule has 2 saturated heterocycles. The summed E-state index contributed by atoms with van der Waals surface area (Å²) in [5, 5.41) is 10.7. The molecule has 2 aliphatic rings. The Bertz CT molecular complexity index is 343. The third-order valence-corrected chi connectivity index (χ3v) is 4.84. The Morgan fingerprint density at radius 3 is 2.89 bits per heavy atom. The number of hydrogen-bond acceptors (Lipinski definition) is 2. The molecule has 2 aliphatic heterocycles. The van der Waals surface area contributed by atoms with Gasteiger partial charge in [0.15, 0.2) is 0 Å². The van der Waals surface area contributed by atoms with Crippen molar-refractivity contribution in [2.24, 2.45) is 5.41 Å². The zero-order valence-corrected chi connectivity index (χ0v) is 13.2. The molecular formula is C17H31NO. The van der Waals surface area contributed by atoms with Crippen LogP contribution in [0.15, 0.2) is 11.6 Å². The summed E-state index contributed by atoms with van der Waals surface area (Å²) in [6.07, 6.45) is 9.53. The minimum atomic E-state index is -0.526. The van der Waals surface area contributed by atoms with Crippen LogP contribution < -0.4 is 0 Å². The summed E-state index contributed by atoms with van der Waals surface area (Å²) in [6.45, 7) is 11.2. The second kappa shape index (κ2) is 5.57. The van der Waals surface area contributed by atoms with E-state index in [-0.39, 0.29) is 5.41 Å². The van der Waals surface area contributed by atoms with Crippen LogP contribution in [-0.4, -0.2) is 34.7 Å². The predicted octanol–water partition coefficient (Wildman–Crippen LogP) is 3.75. The molecular weight excluding hydrogens is 234 g/mol. The van der Waals surface area contributed by atoms with Gasteiger partial charge in [0.25, 0.3) is 0 Å². The van der Waals surface area contributed by atoms with Crippen molar-refractivity contribution in [2.75, 3.05) is 13.1 Å². The zero-order chi connectivity index (χ0) is 14.1. The average Bonchev–Trinajstić information content (AvgIpc) is 2.74. The van der Waals surface area contributed by atoms with Gasteiger partial charge in [-0.1, -0.05) is 45.3 Å².